The van der Waals surface area contributed by atoms with Crippen molar-refractivity contribution in [2.45, 2.75) is 13.8 Å². The molecule has 3 aromatic carbocycles. The largest absolute Gasteiger partial charge is 0.497 e. The molecule has 0 saturated heterocycles. The molecule has 2 aromatic heterocycles. The maximum Gasteiger partial charge on any atom is 0.273 e. The van der Waals surface area contributed by atoms with Crippen molar-refractivity contribution in [3.05, 3.63) is 105 Å². The van der Waals surface area contributed by atoms with Gasteiger partial charge in [-0.3, -0.25) is 10.1 Å². The van der Waals surface area contributed by atoms with Gasteiger partial charge in [0, 0.05) is 40.4 Å². The number of nitriles is 1. The summed E-state index contributed by atoms with van der Waals surface area (Å²) in [4.78, 5) is 15.5. The van der Waals surface area contributed by atoms with Crippen LogP contribution in [0.25, 0.3) is 28.1 Å². The van der Waals surface area contributed by atoms with Crippen LogP contribution in [0.4, 0.5) is 11.6 Å². The molecular formula is C33H28N4O6. The highest BCUT2D eigenvalue weighted by atomic mass is 16.6. The highest BCUT2D eigenvalue weighted by Crippen LogP contribution is 2.43. The second kappa shape index (κ2) is 12.0. The van der Waals surface area contributed by atoms with Crippen LogP contribution >= 0.6 is 0 Å². The van der Waals surface area contributed by atoms with Gasteiger partial charge in [-0.25, -0.2) is 4.99 Å². The van der Waals surface area contributed by atoms with Gasteiger partial charge in [-0.15, -0.1) is 0 Å². The van der Waals surface area contributed by atoms with Crippen molar-refractivity contribution in [1.29, 1.82) is 5.26 Å². The smallest absolute Gasteiger partial charge is 0.273 e. The number of aromatic nitrogens is 1. The molecule has 0 atom stereocenters. The molecule has 0 saturated carbocycles. The van der Waals surface area contributed by atoms with E-state index >= 15 is 0 Å². The van der Waals surface area contributed by atoms with Crippen molar-refractivity contribution in [3.63, 3.8) is 0 Å². The molecule has 0 amide bonds. The summed E-state index contributed by atoms with van der Waals surface area (Å²) < 4.78 is 24.3. The molecule has 0 bridgehead atoms. The molecule has 0 aliphatic carbocycles. The standard InChI is InChI=1S/C33H28N4O6/c1-20-16-24(21(2)36(20)29-15-10-25(37(38)39)17-30(29)42-5)19-35-33-28(18-34)31(22-6-11-26(40-3)12-7-22)32(43-33)23-8-13-27(41-4)14-9-23/h6-17,19H,1-5H3. The number of aryl methyl sites for hydroxylation is 1. The number of nitro groups is 1. The zero-order valence-corrected chi connectivity index (χ0v) is 24.2. The Hall–Kier alpha value is -5.82. The first-order chi connectivity index (χ1) is 20.8. The van der Waals surface area contributed by atoms with E-state index in [0.717, 1.165) is 28.1 Å². The van der Waals surface area contributed by atoms with E-state index in [1.54, 1.807) is 26.5 Å². The summed E-state index contributed by atoms with van der Waals surface area (Å²) in [6.45, 7) is 3.83. The number of aliphatic imine (C=N–C) groups is 1. The maximum atomic E-state index is 11.3. The van der Waals surface area contributed by atoms with Crippen LogP contribution in [-0.2, 0) is 0 Å². The Morgan fingerprint density at radius 3 is 2.09 bits per heavy atom. The van der Waals surface area contributed by atoms with Gasteiger partial charge in [0.25, 0.3) is 5.69 Å². The molecule has 5 rings (SSSR count). The van der Waals surface area contributed by atoms with E-state index in [0.29, 0.717) is 34.3 Å². The summed E-state index contributed by atoms with van der Waals surface area (Å²) in [6.07, 6.45) is 1.64. The molecule has 0 spiro atoms. The van der Waals surface area contributed by atoms with Crippen LogP contribution < -0.4 is 14.2 Å². The third kappa shape index (κ3) is 5.44. The summed E-state index contributed by atoms with van der Waals surface area (Å²) in [7, 11) is 4.66. The number of nitrogens with zero attached hydrogens (tertiary/aromatic N) is 4. The molecular weight excluding hydrogens is 548 g/mol. The number of ether oxygens (including phenoxy) is 3. The average molecular weight is 577 g/mol. The number of rotatable bonds is 9. The predicted molar refractivity (Wildman–Crippen MR) is 163 cm³/mol. The van der Waals surface area contributed by atoms with Crippen LogP contribution in [0.3, 0.4) is 0 Å². The summed E-state index contributed by atoms with van der Waals surface area (Å²) in [6, 6.07) is 23.5. The lowest BCUT2D eigenvalue weighted by Crippen LogP contribution is -2.03. The summed E-state index contributed by atoms with van der Waals surface area (Å²) in [5, 5.41) is 21.6. The number of hydrogen-bond donors (Lipinski definition) is 0. The van der Waals surface area contributed by atoms with Gasteiger partial charge in [0.05, 0.1) is 38.0 Å². The average Bonchev–Trinajstić information content (AvgIpc) is 3.55. The third-order valence-electron chi connectivity index (χ3n) is 7.14. The van der Waals surface area contributed by atoms with Crippen LogP contribution in [0.5, 0.6) is 17.2 Å². The number of non-ortho nitro benzene ring substituents is 1. The lowest BCUT2D eigenvalue weighted by molar-refractivity contribution is -0.384. The van der Waals surface area contributed by atoms with E-state index in [-0.39, 0.29) is 17.1 Å². The van der Waals surface area contributed by atoms with E-state index in [2.05, 4.69) is 11.1 Å². The molecule has 43 heavy (non-hydrogen) atoms. The highest BCUT2D eigenvalue weighted by Gasteiger charge is 2.23. The van der Waals surface area contributed by atoms with E-state index in [4.69, 9.17) is 18.6 Å². The lowest BCUT2D eigenvalue weighted by atomic mass is 9.98. The molecule has 0 aliphatic heterocycles. The summed E-state index contributed by atoms with van der Waals surface area (Å²) in [5.41, 5.74) is 5.49. The molecule has 2 heterocycles. The van der Waals surface area contributed by atoms with Gasteiger partial charge in [-0.2, -0.15) is 5.26 Å². The molecule has 0 aliphatic rings. The Balaban J connectivity index is 1.61. The minimum atomic E-state index is -0.462. The first-order valence-corrected chi connectivity index (χ1v) is 13.2. The van der Waals surface area contributed by atoms with Crippen molar-refractivity contribution in [3.8, 4) is 51.5 Å². The topological polar surface area (TPSA) is 125 Å². The van der Waals surface area contributed by atoms with Crippen LogP contribution in [-0.4, -0.2) is 37.0 Å². The monoisotopic (exact) mass is 576 g/mol. The molecule has 0 N–H and O–H groups in total. The minimum Gasteiger partial charge on any atom is -0.497 e. The van der Waals surface area contributed by atoms with E-state index < -0.39 is 4.92 Å². The number of benzene rings is 3. The van der Waals surface area contributed by atoms with Crippen molar-refractivity contribution in [2.24, 2.45) is 4.99 Å². The van der Waals surface area contributed by atoms with Crippen LogP contribution in [0.15, 0.2) is 82.2 Å². The van der Waals surface area contributed by atoms with Crippen LogP contribution in [0.2, 0.25) is 0 Å². The fraction of sp³-hybridized carbons (Fsp3) is 0.152. The number of nitro benzene ring substituents is 1. The van der Waals surface area contributed by atoms with E-state index in [1.165, 1.54) is 19.2 Å². The third-order valence-corrected chi connectivity index (χ3v) is 7.14. The Morgan fingerprint density at radius 1 is 0.907 bits per heavy atom. The Labute approximate surface area is 248 Å². The quantitative estimate of drug-likeness (QED) is 0.101. The highest BCUT2D eigenvalue weighted by molar-refractivity contribution is 5.90. The Kier molecular flexibility index (Phi) is 7.98. The SMILES string of the molecule is COc1ccc(-c2oc(N=Cc3cc(C)n(-c4ccc([N+](=O)[O-])cc4OC)c3C)c(C#N)c2-c2ccc(OC)cc2)cc1. The van der Waals surface area contributed by atoms with Gasteiger partial charge in [0.2, 0.25) is 5.88 Å². The van der Waals surface area contributed by atoms with Crippen LogP contribution in [0, 0.1) is 35.3 Å². The summed E-state index contributed by atoms with van der Waals surface area (Å²) >= 11 is 0. The fourth-order valence-corrected chi connectivity index (χ4v) is 4.97. The van der Waals surface area contributed by atoms with Crippen molar-refractivity contribution >= 4 is 17.8 Å². The molecule has 216 valence electrons. The number of furan rings is 1. The normalized spacial score (nSPS) is 11.0. The lowest BCUT2D eigenvalue weighted by Gasteiger charge is -2.13. The maximum absolute atomic E-state index is 11.3. The van der Waals surface area contributed by atoms with Gasteiger partial charge >= 0.3 is 0 Å². The molecule has 5 aromatic rings. The van der Waals surface area contributed by atoms with Gasteiger partial charge in [-0.1, -0.05) is 12.1 Å². The minimum absolute atomic E-state index is 0.0629. The van der Waals surface area contributed by atoms with Gasteiger partial charge in [0.1, 0.15) is 34.6 Å². The van der Waals surface area contributed by atoms with Gasteiger partial charge in [0.15, 0.2) is 0 Å². The fourth-order valence-electron chi connectivity index (χ4n) is 4.97. The first kappa shape index (κ1) is 28.7. The van der Waals surface area contributed by atoms with Crippen LogP contribution in [0.1, 0.15) is 22.5 Å². The molecule has 0 radical (unpaired) electrons. The zero-order chi connectivity index (χ0) is 30.7. The second-order valence-electron chi connectivity index (χ2n) is 9.59. The van der Waals surface area contributed by atoms with Gasteiger partial charge in [-0.05, 0) is 67.9 Å². The Bertz CT molecular complexity index is 1880. The molecule has 10 heteroatoms. The van der Waals surface area contributed by atoms with Gasteiger partial charge < -0.3 is 23.2 Å². The van der Waals surface area contributed by atoms with E-state index in [1.807, 2.05) is 73.0 Å². The second-order valence-corrected chi connectivity index (χ2v) is 9.59. The predicted octanol–water partition coefficient (Wildman–Crippen LogP) is 7.58. The van der Waals surface area contributed by atoms with Crippen molar-refractivity contribution < 1.29 is 23.6 Å². The van der Waals surface area contributed by atoms with Crippen molar-refractivity contribution in [1.82, 2.24) is 4.57 Å². The molecule has 10 nitrogen and oxygen atoms in total. The molecule has 0 unspecified atom stereocenters. The van der Waals surface area contributed by atoms with Crippen molar-refractivity contribution in [2.75, 3.05) is 21.3 Å². The first-order valence-electron chi connectivity index (χ1n) is 13.2. The summed E-state index contributed by atoms with van der Waals surface area (Å²) in [5.74, 6) is 2.41. The Morgan fingerprint density at radius 2 is 1.53 bits per heavy atom. The van der Waals surface area contributed by atoms with E-state index in [9.17, 15) is 15.4 Å². The number of methoxy groups -OCH3 is 3. The molecule has 0 fully saturated rings. The zero-order valence-electron chi connectivity index (χ0n) is 24.2. The number of hydrogen-bond acceptors (Lipinski definition) is 8.